The van der Waals surface area contributed by atoms with Crippen molar-refractivity contribution in [1.29, 1.82) is 0 Å². The maximum absolute atomic E-state index is 4.78. The molecule has 1 aromatic carbocycles. The third-order valence-corrected chi connectivity index (χ3v) is 8.22. The molecule has 3 N–H and O–H groups in total. The number of anilines is 5. The summed E-state index contributed by atoms with van der Waals surface area (Å²) in [6.45, 7) is 9.73. The smallest absolute Gasteiger partial charge is 0.233 e. The van der Waals surface area contributed by atoms with Crippen LogP contribution in [0.5, 0.6) is 0 Å². The number of benzene rings is 1. The Morgan fingerprint density at radius 2 is 1.49 bits per heavy atom. The van der Waals surface area contributed by atoms with Crippen LogP contribution in [0.15, 0.2) is 24.3 Å². The van der Waals surface area contributed by atoms with E-state index >= 15 is 0 Å². The molecule has 0 amide bonds. The van der Waals surface area contributed by atoms with Crippen molar-refractivity contribution in [1.82, 2.24) is 24.8 Å². The van der Waals surface area contributed by atoms with Crippen LogP contribution in [0.4, 0.5) is 29.2 Å². The van der Waals surface area contributed by atoms with Gasteiger partial charge in [0.05, 0.1) is 0 Å². The predicted molar refractivity (Wildman–Crippen MR) is 153 cm³/mol. The lowest BCUT2D eigenvalue weighted by atomic mass is 10.1. The average molecular weight is 508 g/mol. The Morgan fingerprint density at radius 3 is 2.22 bits per heavy atom. The normalized spacial score (nSPS) is 22.1. The average Bonchev–Trinajstić information content (AvgIpc) is 3.23. The zero-order valence-corrected chi connectivity index (χ0v) is 22.8. The summed E-state index contributed by atoms with van der Waals surface area (Å²) < 4.78 is 0. The van der Waals surface area contributed by atoms with Crippen molar-refractivity contribution in [3.63, 3.8) is 0 Å². The quantitative estimate of drug-likeness (QED) is 0.428. The number of nitrogens with one attached hydrogen (secondary N) is 3. The first-order valence-electron chi connectivity index (χ1n) is 14.5. The number of likely N-dealkylation sites (N-methyl/N-ethyl adjacent to an activating group) is 2. The highest BCUT2D eigenvalue weighted by Gasteiger charge is 2.23. The highest BCUT2D eigenvalue weighted by atomic mass is 15.3. The lowest BCUT2D eigenvalue weighted by Crippen LogP contribution is -2.44. The van der Waals surface area contributed by atoms with Gasteiger partial charge >= 0.3 is 0 Å². The molecule has 1 aliphatic carbocycles. The molecule has 2 aliphatic heterocycles. The Kier molecular flexibility index (Phi) is 8.94. The summed E-state index contributed by atoms with van der Waals surface area (Å²) in [4.78, 5) is 21.7. The van der Waals surface area contributed by atoms with E-state index in [1.54, 1.807) is 0 Å². The molecule has 1 unspecified atom stereocenters. The van der Waals surface area contributed by atoms with E-state index in [0.29, 0.717) is 29.9 Å². The second kappa shape index (κ2) is 12.7. The Morgan fingerprint density at radius 1 is 0.784 bits per heavy atom. The Bertz CT molecular complexity index is 966. The van der Waals surface area contributed by atoms with Gasteiger partial charge in [-0.15, -0.1) is 0 Å². The van der Waals surface area contributed by atoms with Crippen molar-refractivity contribution in [2.45, 2.75) is 70.4 Å². The molecule has 37 heavy (non-hydrogen) atoms. The van der Waals surface area contributed by atoms with Gasteiger partial charge in [-0.05, 0) is 70.1 Å². The van der Waals surface area contributed by atoms with Gasteiger partial charge in [-0.2, -0.15) is 15.0 Å². The number of piperazine rings is 1. The molecule has 1 aromatic heterocycles. The highest BCUT2D eigenvalue weighted by Crippen LogP contribution is 2.24. The topological polar surface area (TPSA) is 84.5 Å². The number of nitrogens with zero attached hydrogens (tertiary/aromatic N) is 6. The van der Waals surface area contributed by atoms with Crippen molar-refractivity contribution in [2.75, 3.05) is 73.7 Å². The number of rotatable bonds is 9. The molecule has 2 aromatic rings. The van der Waals surface area contributed by atoms with Crippen LogP contribution in [0.3, 0.4) is 0 Å². The summed E-state index contributed by atoms with van der Waals surface area (Å²) >= 11 is 0. The summed E-state index contributed by atoms with van der Waals surface area (Å²) in [5.41, 5.74) is 2.26. The van der Waals surface area contributed by atoms with E-state index in [1.165, 1.54) is 63.6 Å². The second-order valence-corrected chi connectivity index (χ2v) is 10.9. The van der Waals surface area contributed by atoms with Gasteiger partial charge in [0.1, 0.15) is 0 Å². The van der Waals surface area contributed by atoms with E-state index in [-0.39, 0.29) is 0 Å². The van der Waals surface area contributed by atoms with Gasteiger partial charge < -0.3 is 25.8 Å². The first-order chi connectivity index (χ1) is 18.2. The standard InChI is InChI=1S/C28H45N9/c1-3-36-16-8-11-25(36)21-29-26-32-27(30-22-9-6-4-5-7-10-22)34-28(33-26)31-23-12-14-24(15-13-23)37-19-17-35(2)18-20-37/h12-15,22,25H,3-11,16-21H2,1-2H3,(H3,29,30,31,32,33,34). The third-order valence-electron chi connectivity index (χ3n) is 8.22. The second-order valence-electron chi connectivity index (χ2n) is 10.9. The Labute approximate surface area is 222 Å². The summed E-state index contributed by atoms with van der Waals surface area (Å²) in [7, 11) is 2.19. The van der Waals surface area contributed by atoms with Crippen molar-refractivity contribution in [3.8, 4) is 0 Å². The molecule has 9 nitrogen and oxygen atoms in total. The monoisotopic (exact) mass is 507 g/mol. The van der Waals surface area contributed by atoms with Crippen LogP contribution in [0.1, 0.15) is 58.3 Å². The minimum Gasteiger partial charge on any atom is -0.369 e. The fourth-order valence-electron chi connectivity index (χ4n) is 5.88. The van der Waals surface area contributed by atoms with Crippen LogP contribution >= 0.6 is 0 Å². The van der Waals surface area contributed by atoms with Gasteiger partial charge in [-0.3, -0.25) is 4.90 Å². The van der Waals surface area contributed by atoms with Gasteiger partial charge in [0.25, 0.3) is 0 Å². The van der Waals surface area contributed by atoms with E-state index in [2.05, 4.69) is 68.9 Å². The SMILES string of the molecule is CCN1CCCC1CNc1nc(Nc2ccc(N3CCN(C)CC3)cc2)nc(NC2CCCCCC2)n1. The molecule has 1 saturated carbocycles. The first-order valence-corrected chi connectivity index (χ1v) is 14.5. The summed E-state index contributed by atoms with van der Waals surface area (Å²) in [5.74, 6) is 1.89. The molecule has 3 fully saturated rings. The molecule has 202 valence electrons. The van der Waals surface area contributed by atoms with E-state index in [1.807, 2.05) is 0 Å². The maximum atomic E-state index is 4.78. The van der Waals surface area contributed by atoms with E-state index in [0.717, 1.165) is 45.0 Å². The number of likely N-dealkylation sites (tertiary alicyclic amines) is 1. The minimum atomic E-state index is 0.430. The van der Waals surface area contributed by atoms with Crippen molar-refractivity contribution >= 4 is 29.2 Å². The Balaban J connectivity index is 1.28. The largest absolute Gasteiger partial charge is 0.369 e. The molecule has 2 saturated heterocycles. The Hall–Kier alpha value is -2.65. The molecule has 9 heteroatoms. The number of hydrogen-bond acceptors (Lipinski definition) is 9. The molecule has 0 spiro atoms. The van der Waals surface area contributed by atoms with Gasteiger partial charge in [0.15, 0.2) is 0 Å². The number of hydrogen-bond donors (Lipinski definition) is 3. The number of aromatic nitrogens is 3. The fourth-order valence-corrected chi connectivity index (χ4v) is 5.88. The molecule has 3 aliphatic rings. The van der Waals surface area contributed by atoms with Crippen LogP contribution < -0.4 is 20.9 Å². The van der Waals surface area contributed by atoms with Gasteiger partial charge in [0, 0.05) is 56.2 Å². The third kappa shape index (κ3) is 7.23. The predicted octanol–water partition coefficient (Wildman–Crippen LogP) is 4.40. The lowest BCUT2D eigenvalue weighted by molar-refractivity contribution is 0.277. The van der Waals surface area contributed by atoms with E-state index in [4.69, 9.17) is 15.0 Å². The molecular weight excluding hydrogens is 462 g/mol. The zero-order valence-electron chi connectivity index (χ0n) is 22.8. The maximum Gasteiger partial charge on any atom is 0.233 e. The molecule has 0 bridgehead atoms. The molecule has 0 radical (unpaired) electrons. The van der Waals surface area contributed by atoms with Crippen LogP contribution in [0.25, 0.3) is 0 Å². The molecule has 3 heterocycles. The van der Waals surface area contributed by atoms with Crippen molar-refractivity contribution < 1.29 is 0 Å². The first kappa shape index (κ1) is 26.0. The van der Waals surface area contributed by atoms with Crippen LogP contribution in [-0.4, -0.2) is 89.7 Å². The summed E-state index contributed by atoms with van der Waals surface area (Å²) in [6, 6.07) is 9.61. The lowest BCUT2D eigenvalue weighted by Gasteiger charge is -2.34. The summed E-state index contributed by atoms with van der Waals surface area (Å²) in [6.07, 6.45) is 10.0. The van der Waals surface area contributed by atoms with Gasteiger partial charge in [0.2, 0.25) is 17.8 Å². The molecular formula is C28H45N9. The van der Waals surface area contributed by atoms with E-state index in [9.17, 15) is 0 Å². The van der Waals surface area contributed by atoms with Crippen molar-refractivity contribution in [3.05, 3.63) is 24.3 Å². The van der Waals surface area contributed by atoms with Crippen LogP contribution in [0.2, 0.25) is 0 Å². The fraction of sp³-hybridized carbons (Fsp3) is 0.679. The van der Waals surface area contributed by atoms with Gasteiger partial charge in [-0.25, -0.2) is 0 Å². The van der Waals surface area contributed by atoms with Crippen molar-refractivity contribution in [2.24, 2.45) is 0 Å². The molecule has 1 atom stereocenters. The van der Waals surface area contributed by atoms with Crippen LogP contribution in [0, 0.1) is 0 Å². The molecule has 5 rings (SSSR count). The zero-order chi connectivity index (χ0) is 25.5. The summed E-state index contributed by atoms with van der Waals surface area (Å²) in [5, 5.41) is 10.6. The highest BCUT2D eigenvalue weighted by molar-refractivity contribution is 5.60. The van der Waals surface area contributed by atoms with Crippen LogP contribution in [-0.2, 0) is 0 Å². The van der Waals surface area contributed by atoms with Gasteiger partial charge in [-0.1, -0.05) is 32.6 Å². The van der Waals surface area contributed by atoms with E-state index < -0.39 is 0 Å². The minimum absolute atomic E-state index is 0.430.